The molecule has 3 aliphatic carbocycles. The zero-order chi connectivity index (χ0) is 26.1. The Bertz CT molecular complexity index is 1060. The highest BCUT2D eigenvalue weighted by Gasteiger charge is 2.99. The molecule has 3 unspecified atom stereocenters. The molecule has 200 valence electrons. The van der Waals surface area contributed by atoms with Gasteiger partial charge in [0.25, 0.3) is 0 Å². The normalized spacial score (nSPS) is 50.6. The number of hydrogen-bond acceptors (Lipinski definition) is 6. The maximum atomic E-state index is 13.0. The number of esters is 1. The number of aliphatic carboxylic acids is 1. The average Bonchev–Trinajstić information content (AvgIpc) is 3.59. The second kappa shape index (κ2) is 7.26. The lowest BCUT2D eigenvalue weighted by Crippen LogP contribution is -2.70. The van der Waals surface area contributed by atoms with Gasteiger partial charge in [-0.15, -0.1) is 0 Å². The highest BCUT2D eigenvalue weighted by Crippen LogP contribution is 2.88. The molecule has 10 atom stereocenters. The summed E-state index contributed by atoms with van der Waals surface area (Å²) in [6.07, 6.45) is 1.45. The predicted molar refractivity (Wildman–Crippen MR) is 116 cm³/mol. The van der Waals surface area contributed by atoms with E-state index in [0.717, 1.165) is 23.7 Å². The van der Waals surface area contributed by atoms with Crippen molar-refractivity contribution in [1.82, 2.24) is 0 Å². The lowest BCUT2D eigenvalue weighted by atomic mass is 9.45. The van der Waals surface area contributed by atoms with Gasteiger partial charge in [-0.2, -0.15) is 13.2 Å². The van der Waals surface area contributed by atoms with Crippen LogP contribution in [0.15, 0.2) is 11.1 Å². The van der Waals surface area contributed by atoms with Gasteiger partial charge in [0.2, 0.25) is 5.72 Å². The van der Waals surface area contributed by atoms with Crippen molar-refractivity contribution in [2.75, 3.05) is 33.9 Å². The minimum atomic E-state index is -5.19. The lowest BCUT2D eigenvalue weighted by molar-refractivity contribution is -0.985. The molecule has 0 aromatic rings. The number of rotatable bonds is 3. The molecule has 5 bridgehead atoms. The molecule has 0 aromatic carbocycles. The zero-order valence-electron chi connectivity index (χ0n) is 20.9. The topological polar surface area (TPSA) is 95.9 Å². The van der Waals surface area contributed by atoms with Crippen molar-refractivity contribution in [1.29, 1.82) is 0 Å². The Kier molecular flexibility index (Phi) is 4.97. The van der Waals surface area contributed by atoms with Gasteiger partial charge in [0.05, 0.1) is 49.5 Å². The number of nitrogens with zero attached hydrogens (tertiary/aromatic N) is 1. The number of methoxy groups -OCH3 is 2. The monoisotopic (exact) mass is 513 g/mol. The van der Waals surface area contributed by atoms with E-state index < -0.39 is 12.1 Å². The van der Waals surface area contributed by atoms with Crippen LogP contribution in [-0.2, 0) is 19.1 Å². The van der Waals surface area contributed by atoms with Gasteiger partial charge in [-0.3, -0.25) is 9.28 Å². The van der Waals surface area contributed by atoms with Gasteiger partial charge in [-0.05, 0) is 38.0 Å². The number of quaternary nitrogens is 1. The van der Waals surface area contributed by atoms with Crippen molar-refractivity contribution in [3.63, 3.8) is 0 Å². The molecule has 1 N–H and O–H groups in total. The highest BCUT2D eigenvalue weighted by molar-refractivity contribution is 5.75. The fraction of sp³-hybridized carbons (Fsp3) is 0.846. The Morgan fingerprint density at radius 2 is 1.86 bits per heavy atom. The Morgan fingerprint density at radius 3 is 2.44 bits per heavy atom. The number of aliphatic hydroxyl groups is 1. The molecule has 0 amide bonds. The van der Waals surface area contributed by atoms with E-state index in [4.69, 9.17) is 19.4 Å². The Hall–Kier alpha value is -1.65. The molecule has 4 saturated heterocycles. The first-order valence-electron chi connectivity index (χ1n) is 13.0. The van der Waals surface area contributed by atoms with Crippen LogP contribution in [0.1, 0.15) is 45.4 Å². The van der Waals surface area contributed by atoms with Gasteiger partial charge >= 0.3 is 12.1 Å². The number of halogens is 3. The van der Waals surface area contributed by atoms with Gasteiger partial charge in [0, 0.05) is 25.4 Å². The molecule has 5 fully saturated rings. The van der Waals surface area contributed by atoms with E-state index in [1.54, 1.807) is 18.3 Å². The van der Waals surface area contributed by atoms with Crippen LogP contribution in [0.4, 0.5) is 13.2 Å². The third-order valence-corrected chi connectivity index (χ3v) is 11.9. The second-order valence-corrected chi connectivity index (χ2v) is 12.3. The first-order chi connectivity index (χ1) is 16.9. The fourth-order valence-corrected chi connectivity index (χ4v) is 11.7. The summed E-state index contributed by atoms with van der Waals surface area (Å²) >= 11 is 0. The van der Waals surface area contributed by atoms with Gasteiger partial charge in [-0.25, -0.2) is 0 Å². The Balaban J connectivity index is 0.000000305. The molecule has 7 aliphatic rings. The predicted octanol–water partition coefficient (Wildman–Crippen LogP) is 1.78. The number of carboxylic acids is 1. The summed E-state index contributed by atoms with van der Waals surface area (Å²) in [5, 5.41) is 20.0. The fourth-order valence-electron chi connectivity index (χ4n) is 11.7. The summed E-state index contributed by atoms with van der Waals surface area (Å²) in [7, 11) is 3.49. The summed E-state index contributed by atoms with van der Waals surface area (Å²) in [4.78, 5) is 21.8. The Morgan fingerprint density at radius 1 is 1.19 bits per heavy atom. The van der Waals surface area contributed by atoms with Crippen LogP contribution >= 0.6 is 0 Å². The zero-order valence-corrected chi connectivity index (χ0v) is 20.9. The van der Waals surface area contributed by atoms with E-state index in [-0.39, 0.29) is 35.0 Å². The van der Waals surface area contributed by atoms with Gasteiger partial charge in [0.15, 0.2) is 0 Å². The van der Waals surface area contributed by atoms with E-state index in [1.165, 1.54) is 32.4 Å². The number of carboxylic acid groups (broad SMARTS) is 1. The first-order valence-corrected chi connectivity index (χ1v) is 13.0. The number of ether oxygens (including phenoxy) is 2. The summed E-state index contributed by atoms with van der Waals surface area (Å²) in [5.41, 5.74) is 2.68. The maximum Gasteiger partial charge on any atom is 0.430 e. The van der Waals surface area contributed by atoms with Crippen molar-refractivity contribution in [2.45, 2.75) is 63.4 Å². The SMILES string of the molecule is COC(=O)[C@@H]1C[C@@]23C4=C(CC[C@H]5C[N+]67C[C@@H](C)C(CC6[C@@]52CO)[C@@]37OC)CC[C@@H]41.O=C([O-])C(F)(F)F. The largest absolute Gasteiger partial charge is 0.542 e. The average molecular weight is 514 g/mol. The number of carbonyl (C=O) groups is 2. The molecule has 1 saturated carbocycles. The quantitative estimate of drug-likeness (QED) is 0.351. The molecule has 10 heteroatoms. The minimum absolute atomic E-state index is 0.0360. The van der Waals surface area contributed by atoms with E-state index in [0.29, 0.717) is 29.7 Å². The van der Waals surface area contributed by atoms with E-state index >= 15 is 0 Å². The smallest absolute Gasteiger partial charge is 0.430 e. The molecule has 0 radical (unpaired) electrons. The van der Waals surface area contributed by atoms with Crippen LogP contribution < -0.4 is 5.11 Å². The van der Waals surface area contributed by atoms with E-state index in [1.807, 2.05) is 7.11 Å². The minimum Gasteiger partial charge on any atom is -0.542 e. The lowest BCUT2D eigenvalue weighted by Gasteiger charge is -2.58. The Labute approximate surface area is 208 Å². The number of carbonyl (C=O) groups excluding carboxylic acids is 2. The molecule has 4 heterocycles. The van der Waals surface area contributed by atoms with E-state index in [9.17, 15) is 23.1 Å². The van der Waals surface area contributed by atoms with Gasteiger partial charge < -0.3 is 24.5 Å². The van der Waals surface area contributed by atoms with Crippen LogP contribution in [0.2, 0.25) is 0 Å². The molecule has 7 rings (SSSR count). The third-order valence-electron chi connectivity index (χ3n) is 11.9. The van der Waals surface area contributed by atoms with Crippen molar-refractivity contribution in [3.05, 3.63) is 11.1 Å². The molecule has 36 heavy (non-hydrogen) atoms. The van der Waals surface area contributed by atoms with Gasteiger partial charge in [0.1, 0.15) is 12.0 Å². The van der Waals surface area contributed by atoms with E-state index in [2.05, 4.69) is 6.92 Å². The first kappa shape index (κ1) is 24.7. The maximum absolute atomic E-state index is 13.0. The summed E-state index contributed by atoms with van der Waals surface area (Å²) in [6, 6.07) is 0.503. The molecular weight excluding hydrogens is 479 g/mol. The second-order valence-electron chi connectivity index (χ2n) is 12.3. The standard InChI is InChI=1S/C24H34NO4.C2HF3O2/c1-13-10-25-11-15-6-4-14-5-7-16-17(21(27)28-2)9-23(20(14)16)22(15,12-26)19(25)8-18(13)24(23,25)29-3;3-2(4,5)1(6)7/h13,15-19,26H,4-12H2,1-3H3;(H,6,7)/q+1;/p-1/t13-,15+,16-,17-,18?,19?,22-,23-,24-,25?;/m1./s1. The van der Waals surface area contributed by atoms with Crippen LogP contribution in [0.5, 0.6) is 0 Å². The summed E-state index contributed by atoms with van der Waals surface area (Å²) in [6.45, 7) is 5.05. The van der Waals surface area contributed by atoms with Gasteiger partial charge in [-0.1, -0.05) is 18.1 Å². The van der Waals surface area contributed by atoms with Crippen molar-refractivity contribution in [2.24, 2.45) is 40.4 Å². The third kappa shape index (κ3) is 2.27. The van der Waals surface area contributed by atoms with Crippen LogP contribution in [0.25, 0.3) is 0 Å². The molecule has 4 aliphatic heterocycles. The number of hydrogen-bond donors (Lipinski definition) is 1. The summed E-state index contributed by atoms with van der Waals surface area (Å²) < 4.78 is 44.8. The highest BCUT2D eigenvalue weighted by atomic mass is 19.4. The number of allylic oxidation sites excluding steroid dienone is 1. The molecule has 7 nitrogen and oxygen atoms in total. The number of alkyl halides is 3. The van der Waals surface area contributed by atoms with Crippen molar-refractivity contribution in [3.8, 4) is 0 Å². The number of piperidine rings is 2. The van der Waals surface area contributed by atoms with Crippen molar-refractivity contribution < 1.29 is 46.9 Å². The van der Waals surface area contributed by atoms with Crippen LogP contribution in [0.3, 0.4) is 0 Å². The molecular formula is C26H34F3NO6. The van der Waals surface area contributed by atoms with Crippen molar-refractivity contribution >= 4 is 11.9 Å². The van der Waals surface area contributed by atoms with Crippen LogP contribution in [-0.4, -0.2) is 73.4 Å². The molecule has 0 aromatic heterocycles. The summed E-state index contributed by atoms with van der Waals surface area (Å²) in [5.74, 6) is -1.05. The van der Waals surface area contributed by atoms with Crippen LogP contribution in [0, 0.1) is 40.4 Å². The number of aliphatic hydroxyl groups excluding tert-OH is 1. The molecule has 2 spiro atoms.